The number of thiophene rings is 1. The van der Waals surface area contributed by atoms with Crippen LogP contribution in [0.1, 0.15) is 16.1 Å². The van der Waals surface area contributed by atoms with Crippen LogP contribution < -0.4 is 5.32 Å². The van der Waals surface area contributed by atoms with Gasteiger partial charge in [0, 0.05) is 11.5 Å². The highest BCUT2D eigenvalue weighted by Gasteiger charge is 2.08. The van der Waals surface area contributed by atoms with Gasteiger partial charge >= 0.3 is 5.97 Å². The molecule has 5 nitrogen and oxygen atoms in total. The quantitative estimate of drug-likeness (QED) is 0.827. The molecule has 0 unspecified atom stereocenters. The number of nitrogens with zero attached hydrogens (tertiary/aromatic N) is 1. The number of carboxylic acid groups (broad SMARTS) is 1. The first-order chi connectivity index (χ1) is 9.54. The molecule has 0 aromatic carbocycles. The highest BCUT2D eigenvalue weighted by Crippen LogP contribution is 2.21. The van der Waals surface area contributed by atoms with E-state index in [4.69, 9.17) is 5.11 Å². The Morgan fingerprint density at radius 3 is 2.85 bits per heavy atom. The fraction of sp³-hybridized carbons (Fsp3) is 0. The summed E-state index contributed by atoms with van der Waals surface area (Å²) in [4.78, 5) is 26.5. The zero-order valence-corrected chi connectivity index (χ0v) is 12.4. The maximum Gasteiger partial charge on any atom is 0.328 e. The first kappa shape index (κ1) is 14.4. The fourth-order valence-electron chi connectivity index (χ4n) is 1.39. The largest absolute Gasteiger partial charge is 0.478 e. The summed E-state index contributed by atoms with van der Waals surface area (Å²) in [5.41, 5.74) is 0.992. The summed E-state index contributed by atoms with van der Waals surface area (Å²) in [6.07, 6.45) is 2.35. The van der Waals surface area contributed by atoms with Crippen molar-refractivity contribution < 1.29 is 14.7 Å². The molecule has 102 valence electrons. The first-order valence-electron chi connectivity index (χ1n) is 5.48. The van der Waals surface area contributed by atoms with Crippen molar-refractivity contribution in [3.8, 4) is 0 Å². The zero-order chi connectivity index (χ0) is 14.5. The molecule has 0 aliphatic rings. The number of anilines is 1. The van der Waals surface area contributed by atoms with Crippen molar-refractivity contribution in [3.63, 3.8) is 0 Å². The first-order valence-corrected chi connectivity index (χ1v) is 7.15. The second kappa shape index (κ2) is 6.44. The number of carboxylic acids is 1. The van der Waals surface area contributed by atoms with E-state index >= 15 is 0 Å². The molecule has 0 aliphatic heterocycles. The predicted molar refractivity (Wildman–Crippen MR) is 80.9 cm³/mol. The van der Waals surface area contributed by atoms with Crippen molar-refractivity contribution in [1.82, 2.24) is 4.98 Å². The van der Waals surface area contributed by atoms with Crippen LogP contribution in [0.5, 0.6) is 0 Å². The van der Waals surface area contributed by atoms with E-state index in [0.29, 0.717) is 17.1 Å². The SMILES string of the molecule is O=C(O)/C=C/c1cccc(NC(=O)c2csc(Br)c2)n1. The normalized spacial score (nSPS) is 10.7. The zero-order valence-electron chi connectivity index (χ0n) is 10.0. The Bertz CT molecular complexity index is 682. The lowest BCUT2D eigenvalue weighted by Crippen LogP contribution is -2.12. The molecule has 2 rings (SSSR count). The van der Waals surface area contributed by atoms with Gasteiger partial charge in [-0.05, 0) is 40.2 Å². The Labute approximate surface area is 127 Å². The second-order valence-corrected chi connectivity index (χ2v) is 6.00. The Kier molecular flexibility index (Phi) is 4.65. The molecule has 0 saturated carbocycles. The molecule has 0 atom stereocenters. The maximum atomic E-state index is 11.9. The minimum atomic E-state index is -1.05. The van der Waals surface area contributed by atoms with Crippen LogP contribution in [0.4, 0.5) is 5.82 Å². The average molecular weight is 353 g/mol. The Morgan fingerprint density at radius 2 is 2.20 bits per heavy atom. The maximum absolute atomic E-state index is 11.9. The van der Waals surface area contributed by atoms with Gasteiger partial charge in [-0.25, -0.2) is 9.78 Å². The van der Waals surface area contributed by atoms with Gasteiger partial charge in [-0.3, -0.25) is 4.79 Å². The van der Waals surface area contributed by atoms with Crippen molar-refractivity contribution in [2.75, 3.05) is 5.32 Å². The number of aromatic nitrogens is 1. The molecule has 1 amide bonds. The molecule has 20 heavy (non-hydrogen) atoms. The van der Waals surface area contributed by atoms with Gasteiger partial charge in [-0.2, -0.15) is 0 Å². The third-order valence-corrected chi connectivity index (χ3v) is 3.74. The van der Waals surface area contributed by atoms with Gasteiger partial charge < -0.3 is 10.4 Å². The number of rotatable bonds is 4. The molecule has 0 spiro atoms. The summed E-state index contributed by atoms with van der Waals surface area (Å²) in [5, 5.41) is 12.9. The molecule has 2 aromatic heterocycles. The minimum Gasteiger partial charge on any atom is -0.478 e. The Hall–Kier alpha value is -1.99. The number of amides is 1. The smallest absolute Gasteiger partial charge is 0.328 e. The highest BCUT2D eigenvalue weighted by molar-refractivity contribution is 9.11. The molecule has 0 radical (unpaired) electrons. The summed E-state index contributed by atoms with van der Waals surface area (Å²) >= 11 is 4.71. The van der Waals surface area contributed by atoms with E-state index in [1.807, 2.05) is 0 Å². The molecule has 2 aromatic rings. The fourth-order valence-corrected chi connectivity index (χ4v) is 2.52. The third-order valence-electron chi connectivity index (χ3n) is 2.24. The molecule has 0 saturated heterocycles. The minimum absolute atomic E-state index is 0.265. The summed E-state index contributed by atoms with van der Waals surface area (Å²) in [7, 11) is 0. The lowest BCUT2D eigenvalue weighted by molar-refractivity contribution is -0.131. The number of aliphatic carboxylic acids is 1. The number of carbonyl (C=O) groups excluding carboxylic acids is 1. The van der Waals surface area contributed by atoms with Crippen LogP contribution in [0.3, 0.4) is 0 Å². The van der Waals surface area contributed by atoms with Gasteiger partial charge in [0.15, 0.2) is 0 Å². The Balaban J connectivity index is 2.11. The van der Waals surface area contributed by atoms with E-state index in [9.17, 15) is 9.59 Å². The lowest BCUT2D eigenvalue weighted by Gasteiger charge is -2.03. The summed E-state index contributed by atoms with van der Waals surface area (Å²) < 4.78 is 0.869. The van der Waals surface area contributed by atoms with Crippen molar-refractivity contribution in [2.45, 2.75) is 0 Å². The number of halogens is 1. The average Bonchev–Trinajstić information content (AvgIpc) is 2.84. The molecule has 2 N–H and O–H groups in total. The number of nitrogens with one attached hydrogen (secondary N) is 1. The van der Waals surface area contributed by atoms with Gasteiger partial charge in [0.2, 0.25) is 0 Å². The second-order valence-electron chi connectivity index (χ2n) is 3.71. The van der Waals surface area contributed by atoms with E-state index in [1.165, 1.54) is 17.4 Å². The van der Waals surface area contributed by atoms with Gasteiger partial charge in [-0.1, -0.05) is 6.07 Å². The number of pyridine rings is 1. The van der Waals surface area contributed by atoms with Crippen LogP contribution in [0.2, 0.25) is 0 Å². The van der Waals surface area contributed by atoms with Crippen molar-refractivity contribution in [2.24, 2.45) is 0 Å². The summed E-state index contributed by atoms with van der Waals surface area (Å²) in [6.45, 7) is 0. The monoisotopic (exact) mass is 352 g/mol. The third kappa shape index (κ3) is 4.01. The van der Waals surface area contributed by atoms with E-state index in [2.05, 4.69) is 26.2 Å². The molecular weight excluding hydrogens is 344 g/mol. The number of carbonyl (C=O) groups is 2. The lowest BCUT2D eigenvalue weighted by atomic mass is 10.3. The molecule has 2 heterocycles. The van der Waals surface area contributed by atoms with Crippen molar-refractivity contribution >= 4 is 51.0 Å². The van der Waals surface area contributed by atoms with Crippen LogP contribution in [-0.2, 0) is 4.79 Å². The van der Waals surface area contributed by atoms with Gasteiger partial charge in [0.1, 0.15) is 5.82 Å². The van der Waals surface area contributed by atoms with E-state index in [-0.39, 0.29) is 5.91 Å². The highest BCUT2D eigenvalue weighted by atomic mass is 79.9. The topological polar surface area (TPSA) is 79.3 Å². The van der Waals surface area contributed by atoms with Gasteiger partial charge in [0.25, 0.3) is 5.91 Å². The van der Waals surface area contributed by atoms with Gasteiger partial charge in [-0.15, -0.1) is 11.3 Å². The molecule has 0 fully saturated rings. The summed E-state index contributed by atoms with van der Waals surface area (Å²) in [6, 6.07) is 6.69. The van der Waals surface area contributed by atoms with Crippen LogP contribution in [0, 0.1) is 0 Å². The Morgan fingerprint density at radius 1 is 1.40 bits per heavy atom. The van der Waals surface area contributed by atoms with Crippen LogP contribution in [0.25, 0.3) is 6.08 Å². The van der Waals surface area contributed by atoms with E-state index in [0.717, 1.165) is 9.86 Å². The van der Waals surface area contributed by atoms with Crippen molar-refractivity contribution in [1.29, 1.82) is 0 Å². The number of hydrogen-bond donors (Lipinski definition) is 2. The van der Waals surface area contributed by atoms with E-state index < -0.39 is 5.97 Å². The molecule has 0 aliphatic carbocycles. The van der Waals surface area contributed by atoms with Crippen LogP contribution in [0.15, 0.2) is 39.5 Å². The predicted octanol–water partition coefficient (Wildman–Crippen LogP) is 3.26. The van der Waals surface area contributed by atoms with Gasteiger partial charge in [0.05, 0.1) is 15.0 Å². The van der Waals surface area contributed by atoms with Crippen LogP contribution >= 0.6 is 27.3 Å². The van der Waals surface area contributed by atoms with Crippen molar-refractivity contribution in [3.05, 3.63) is 50.8 Å². The standard InChI is InChI=1S/C13H9BrN2O3S/c14-10-6-8(7-20-10)13(19)16-11-3-1-2-9(15-11)4-5-12(17)18/h1-7H,(H,17,18)(H,15,16,19)/b5-4+. The molecule has 7 heteroatoms. The van der Waals surface area contributed by atoms with E-state index in [1.54, 1.807) is 29.6 Å². The number of hydrogen-bond acceptors (Lipinski definition) is 4. The molecule has 0 bridgehead atoms. The summed E-state index contributed by atoms with van der Waals surface area (Å²) in [5.74, 6) is -0.951. The molecular formula is C13H9BrN2O3S. The van der Waals surface area contributed by atoms with Crippen LogP contribution in [-0.4, -0.2) is 22.0 Å².